The topological polar surface area (TPSA) is 29.5 Å². The highest BCUT2D eigenvalue weighted by atomic mass is 19.1. The molecule has 1 N–H and O–H groups in total. The van der Waals surface area contributed by atoms with Crippen molar-refractivity contribution in [2.75, 3.05) is 0 Å². The van der Waals surface area contributed by atoms with Crippen LogP contribution < -0.4 is 4.74 Å². The molecule has 0 amide bonds. The van der Waals surface area contributed by atoms with Crippen molar-refractivity contribution in [3.8, 4) is 5.75 Å². The first-order valence-corrected chi connectivity index (χ1v) is 6.64. The summed E-state index contributed by atoms with van der Waals surface area (Å²) in [5.41, 5.74) is 3.96. The highest BCUT2D eigenvalue weighted by Crippen LogP contribution is 2.26. The van der Waals surface area contributed by atoms with Crippen LogP contribution in [0.1, 0.15) is 35.3 Å². The van der Waals surface area contributed by atoms with Crippen LogP contribution >= 0.6 is 0 Å². The van der Waals surface area contributed by atoms with Gasteiger partial charge in [-0.25, -0.2) is 4.39 Å². The van der Waals surface area contributed by atoms with Crippen LogP contribution in [0, 0.1) is 19.7 Å². The van der Waals surface area contributed by atoms with E-state index in [0.717, 1.165) is 5.56 Å². The minimum Gasteiger partial charge on any atom is -0.489 e. The SMILES string of the molecule is Cc1ccc(COc2ccc(F)cc2[C@H](C)O)cc1C. The molecule has 0 fully saturated rings. The third-order valence-corrected chi connectivity index (χ3v) is 3.39. The van der Waals surface area contributed by atoms with E-state index in [1.165, 1.54) is 23.3 Å². The van der Waals surface area contributed by atoms with Gasteiger partial charge in [0, 0.05) is 5.56 Å². The molecule has 0 aliphatic carbocycles. The normalized spacial score (nSPS) is 12.2. The average Bonchev–Trinajstić information content (AvgIpc) is 2.41. The molecule has 2 aromatic carbocycles. The number of aliphatic hydroxyl groups is 1. The van der Waals surface area contributed by atoms with Gasteiger partial charge in [0.05, 0.1) is 6.10 Å². The van der Waals surface area contributed by atoms with Crippen LogP contribution in [0.15, 0.2) is 36.4 Å². The lowest BCUT2D eigenvalue weighted by Crippen LogP contribution is -2.02. The van der Waals surface area contributed by atoms with Gasteiger partial charge in [-0.3, -0.25) is 0 Å². The van der Waals surface area contributed by atoms with E-state index in [1.807, 2.05) is 12.1 Å². The molecule has 0 heterocycles. The summed E-state index contributed by atoms with van der Waals surface area (Å²) in [5, 5.41) is 9.66. The molecule has 0 aliphatic heterocycles. The molecular weight excluding hydrogens is 255 g/mol. The molecule has 0 saturated heterocycles. The zero-order chi connectivity index (χ0) is 14.7. The van der Waals surface area contributed by atoms with Crippen molar-refractivity contribution in [1.29, 1.82) is 0 Å². The van der Waals surface area contributed by atoms with E-state index in [1.54, 1.807) is 13.0 Å². The number of rotatable bonds is 4. The third-order valence-electron chi connectivity index (χ3n) is 3.39. The van der Waals surface area contributed by atoms with Crippen LogP contribution in [-0.4, -0.2) is 5.11 Å². The second kappa shape index (κ2) is 6.06. The van der Waals surface area contributed by atoms with Gasteiger partial charge in [0.1, 0.15) is 18.2 Å². The third kappa shape index (κ3) is 3.36. The van der Waals surface area contributed by atoms with Gasteiger partial charge in [0.15, 0.2) is 0 Å². The molecule has 0 spiro atoms. The van der Waals surface area contributed by atoms with Gasteiger partial charge in [-0.15, -0.1) is 0 Å². The van der Waals surface area contributed by atoms with Gasteiger partial charge in [0.25, 0.3) is 0 Å². The molecule has 1 atom stereocenters. The Kier molecular flexibility index (Phi) is 4.40. The van der Waals surface area contributed by atoms with Crippen LogP contribution in [0.2, 0.25) is 0 Å². The lowest BCUT2D eigenvalue weighted by atomic mass is 10.1. The summed E-state index contributed by atoms with van der Waals surface area (Å²) >= 11 is 0. The van der Waals surface area contributed by atoms with Gasteiger partial charge in [-0.2, -0.15) is 0 Å². The Hall–Kier alpha value is -1.87. The molecule has 0 radical (unpaired) electrons. The molecule has 20 heavy (non-hydrogen) atoms. The highest BCUT2D eigenvalue weighted by Gasteiger charge is 2.10. The molecule has 2 nitrogen and oxygen atoms in total. The Morgan fingerprint density at radius 2 is 1.85 bits per heavy atom. The maximum absolute atomic E-state index is 13.2. The predicted octanol–water partition coefficient (Wildman–Crippen LogP) is 4.07. The Bertz CT molecular complexity index is 606. The lowest BCUT2D eigenvalue weighted by Gasteiger charge is -2.14. The summed E-state index contributed by atoms with van der Waals surface area (Å²) in [6.07, 6.45) is -0.763. The van der Waals surface area contributed by atoms with Crippen molar-refractivity contribution in [2.24, 2.45) is 0 Å². The van der Waals surface area contributed by atoms with E-state index < -0.39 is 6.10 Å². The number of benzene rings is 2. The first kappa shape index (κ1) is 14.5. The minimum absolute atomic E-state index is 0.376. The Labute approximate surface area is 118 Å². The Morgan fingerprint density at radius 1 is 1.10 bits per heavy atom. The number of halogens is 1. The number of hydrogen-bond acceptors (Lipinski definition) is 2. The van der Waals surface area contributed by atoms with Crippen molar-refractivity contribution in [3.05, 3.63) is 64.5 Å². The van der Waals surface area contributed by atoms with E-state index in [9.17, 15) is 9.50 Å². The summed E-state index contributed by atoms with van der Waals surface area (Å²) < 4.78 is 18.9. The molecular formula is C17H19FO2. The molecule has 3 heteroatoms. The van der Waals surface area contributed by atoms with E-state index >= 15 is 0 Å². The Morgan fingerprint density at radius 3 is 2.50 bits per heavy atom. The number of hydrogen-bond donors (Lipinski definition) is 1. The largest absolute Gasteiger partial charge is 0.489 e. The fraction of sp³-hybridized carbons (Fsp3) is 0.294. The van der Waals surface area contributed by atoms with E-state index in [-0.39, 0.29) is 5.82 Å². The monoisotopic (exact) mass is 274 g/mol. The van der Waals surface area contributed by atoms with Crippen molar-refractivity contribution in [3.63, 3.8) is 0 Å². The average molecular weight is 274 g/mol. The molecule has 0 unspecified atom stereocenters. The molecule has 0 aliphatic rings. The van der Waals surface area contributed by atoms with Crippen LogP contribution in [0.3, 0.4) is 0 Å². The fourth-order valence-corrected chi connectivity index (χ4v) is 2.03. The number of aliphatic hydroxyl groups excluding tert-OH is 1. The molecule has 2 rings (SSSR count). The second-order valence-electron chi connectivity index (χ2n) is 5.07. The zero-order valence-corrected chi connectivity index (χ0v) is 12.0. The van der Waals surface area contributed by atoms with E-state index in [0.29, 0.717) is 17.9 Å². The zero-order valence-electron chi connectivity index (χ0n) is 12.0. The molecule has 0 saturated carbocycles. The van der Waals surface area contributed by atoms with Gasteiger partial charge in [-0.05, 0) is 55.7 Å². The van der Waals surface area contributed by atoms with Gasteiger partial charge in [-0.1, -0.05) is 18.2 Å². The standard InChI is InChI=1S/C17H19FO2/c1-11-4-5-14(8-12(11)2)10-20-17-7-6-15(18)9-16(17)13(3)19/h4-9,13,19H,10H2,1-3H3/t13-/m0/s1. The predicted molar refractivity (Wildman–Crippen MR) is 77.3 cm³/mol. The highest BCUT2D eigenvalue weighted by molar-refractivity contribution is 5.36. The van der Waals surface area contributed by atoms with Crippen LogP contribution in [-0.2, 0) is 6.61 Å². The summed E-state index contributed by atoms with van der Waals surface area (Å²) in [5.74, 6) is 0.138. The smallest absolute Gasteiger partial charge is 0.125 e. The van der Waals surface area contributed by atoms with Crippen LogP contribution in [0.25, 0.3) is 0 Å². The first-order chi connectivity index (χ1) is 9.47. The summed E-state index contributed by atoms with van der Waals surface area (Å²) in [6, 6.07) is 10.3. The van der Waals surface area contributed by atoms with Crippen molar-refractivity contribution in [1.82, 2.24) is 0 Å². The second-order valence-corrected chi connectivity index (χ2v) is 5.07. The van der Waals surface area contributed by atoms with E-state index in [2.05, 4.69) is 19.9 Å². The number of ether oxygens (including phenoxy) is 1. The van der Waals surface area contributed by atoms with Crippen molar-refractivity contribution < 1.29 is 14.2 Å². The summed E-state index contributed by atoms with van der Waals surface area (Å²) in [4.78, 5) is 0. The molecule has 106 valence electrons. The van der Waals surface area contributed by atoms with Gasteiger partial charge in [0.2, 0.25) is 0 Å². The maximum atomic E-state index is 13.2. The lowest BCUT2D eigenvalue weighted by molar-refractivity contribution is 0.189. The number of aryl methyl sites for hydroxylation is 2. The van der Waals surface area contributed by atoms with Gasteiger partial charge < -0.3 is 9.84 Å². The van der Waals surface area contributed by atoms with Gasteiger partial charge >= 0.3 is 0 Å². The van der Waals surface area contributed by atoms with Crippen LogP contribution in [0.4, 0.5) is 4.39 Å². The molecule has 0 aromatic heterocycles. The van der Waals surface area contributed by atoms with Crippen molar-refractivity contribution in [2.45, 2.75) is 33.5 Å². The maximum Gasteiger partial charge on any atom is 0.125 e. The fourth-order valence-electron chi connectivity index (χ4n) is 2.03. The molecule has 2 aromatic rings. The summed E-state index contributed by atoms with van der Waals surface area (Å²) in [7, 11) is 0. The van der Waals surface area contributed by atoms with Crippen molar-refractivity contribution >= 4 is 0 Å². The Balaban J connectivity index is 2.16. The van der Waals surface area contributed by atoms with E-state index in [4.69, 9.17) is 4.74 Å². The summed E-state index contributed by atoms with van der Waals surface area (Å²) in [6.45, 7) is 6.10. The first-order valence-electron chi connectivity index (χ1n) is 6.64. The van der Waals surface area contributed by atoms with Crippen LogP contribution in [0.5, 0.6) is 5.75 Å². The quantitative estimate of drug-likeness (QED) is 0.910. The molecule has 0 bridgehead atoms. The minimum atomic E-state index is -0.763.